The second kappa shape index (κ2) is 7.23. The summed E-state index contributed by atoms with van der Waals surface area (Å²) >= 11 is 0. The van der Waals surface area contributed by atoms with Gasteiger partial charge in [-0.25, -0.2) is 18.7 Å². The molecule has 2 heterocycles. The summed E-state index contributed by atoms with van der Waals surface area (Å²) in [5.74, 6) is -3.90. The van der Waals surface area contributed by atoms with E-state index in [2.05, 4.69) is 9.97 Å². The minimum Gasteiger partial charge on any atom is -0.507 e. The monoisotopic (exact) mass is 393 g/mol. The number of anilines is 1. The quantitative estimate of drug-likeness (QED) is 0.419. The van der Waals surface area contributed by atoms with Gasteiger partial charge in [0.1, 0.15) is 23.4 Å². The predicted molar refractivity (Wildman–Crippen MR) is 99.6 cm³/mol. The predicted octanol–water partition coefficient (Wildman–Crippen LogP) is 3.38. The molecule has 1 aromatic heterocycles. The summed E-state index contributed by atoms with van der Waals surface area (Å²) in [6.45, 7) is 0. The van der Waals surface area contributed by atoms with Crippen LogP contribution < -0.4 is 4.90 Å². The van der Waals surface area contributed by atoms with Crippen molar-refractivity contribution in [3.05, 3.63) is 95.3 Å². The second-order valence-corrected chi connectivity index (χ2v) is 6.25. The van der Waals surface area contributed by atoms with Crippen molar-refractivity contribution in [1.29, 1.82) is 0 Å². The van der Waals surface area contributed by atoms with Crippen LogP contribution in [0.15, 0.2) is 72.6 Å². The fourth-order valence-corrected chi connectivity index (χ4v) is 3.21. The van der Waals surface area contributed by atoms with Crippen LogP contribution in [0.5, 0.6) is 0 Å². The topological polar surface area (TPSA) is 83.4 Å². The number of Topliss-reactive ketones (excluding diaryl/α,β-unsaturated/α-hetero) is 1. The van der Waals surface area contributed by atoms with E-state index in [4.69, 9.17) is 0 Å². The lowest BCUT2D eigenvalue weighted by Gasteiger charge is -2.23. The van der Waals surface area contributed by atoms with Gasteiger partial charge in [-0.2, -0.15) is 0 Å². The van der Waals surface area contributed by atoms with E-state index in [0.29, 0.717) is 0 Å². The van der Waals surface area contributed by atoms with E-state index in [-0.39, 0.29) is 22.6 Å². The number of aliphatic hydroxyl groups is 1. The molecule has 8 heteroatoms. The van der Waals surface area contributed by atoms with Crippen LogP contribution in [-0.4, -0.2) is 26.8 Å². The molecule has 0 saturated carbocycles. The third-order valence-electron chi connectivity index (χ3n) is 4.53. The molecule has 1 aliphatic rings. The van der Waals surface area contributed by atoms with Gasteiger partial charge in [-0.1, -0.05) is 18.2 Å². The molecule has 1 amide bonds. The molecular weight excluding hydrogens is 380 g/mol. The van der Waals surface area contributed by atoms with Crippen molar-refractivity contribution in [2.24, 2.45) is 0 Å². The van der Waals surface area contributed by atoms with Crippen LogP contribution in [0.2, 0.25) is 0 Å². The highest BCUT2D eigenvalue weighted by Crippen LogP contribution is 2.41. The van der Waals surface area contributed by atoms with E-state index in [9.17, 15) is 23.5 Å². The molecule has 3 aromatic rings. The Hall–Kier alpha value is -3.94. The van der Waals surface area contributed by atoms with E-state index in [0.717, 1.165) is 17.0 Å². The molecule has 2 aromatic carbocycles. The molecular formula is C21H13F2N3O3. The van der Waals surface area contributed by atoms with Gasteiger partial charge in [-0.05, 0) is 36.4 Å². The molecule has 1 fully saturated rings. The fourth-order valence-electron chi connectivity index (χ4n) is 3.21. The van der Waals surface area contributed by atoms with Crippen LogP contribution in [0.1, 0.15) is 17.2 Å². The average Bonchev–Trinajstić information content (AvgIpc) is 3.00. The number of benzene rings is 2. The molecule has 0 aliphatic carbocycles. The minimum absolute atomic E-state index is 0.0113. The molecule has 6 nitrogen and oxygen atoms in total. The molecule has 29 heavy (non-hydrogen) atoms. The number of aromatic nitrogens is 2. The van der Waals surface area contributed by atoms with Gasteiger partial charge in [0.15, 0.2) is 0 Å². The van der Waals surface area contributed by atoms with Crippen molar-refractivity contribution in [1.82, 2.24) is 9.97 Å². The standard InChI is InChI=1S/C21H13F2N3O3/c22-13-8-6-12(7-9-13)18(27)16-17(14-4-1-2-5-15(14)23)26(20(29)19(16)28)21-24-10-3-11-25-21/h1-11,17,27H/t17-/m0/s1. The van der Waals surface area contributed by atoms with Gasteiger partial charge in [0.25, 0.3) is 5.78 Å². The molecule has 1 saturated heterocycles. The number of halogens is 2. The highest BCUT2D eigenvalue weighted by molar-refractivity contribution is 6.51. The Morgan fingerprint density at radius 2 is 1.59 bits per heavy atom. The van der Waals surface area contributed by atoms with Crippen LogP contribution in [0.3, 0.4) is 0 Å². The lowest BCUT2D eigenvalue weighted by Crippen LogP contribution is -2.31. The number of hydrogen-bond acceptors (Lipinski definition) is 5. The number of carbonyl (C=O) groups excluding carboxylic acids is 2. The first-order chi connectivity index (χ1) is 14.0. The molecule has 0 bridgehead atoms. The maximum Gasteiger partial charge on any atom is 0.302 e. The minimum atomic E-state index is -1.29. The number of ketones is 1. The Morgan fingerprint density at radius 3 is 2.24 bits per heavy atom. The molecule has 4 rings (SSSR count). The number of carbonyl (C=O) groups is 2. The summed E-state index contributed by atoms with van der Waals surface area (Å²) in [4.78, 5) is 34.5. The van der Waals surface area contributed by atoms with Crippen LogP contribution in [0.4, 0.5) is 14.7 Å². The summed E-state index contributed by atoms with van der Waals surface area (Å²) in [6, 6.07) is 10.5. The Labute approximate surface area is 163 Å². The maximum atomic E-state index is 14.6. The largest absolute Gasteiger partial charge is 0.507 e. The van der Waals surface area contributed by atoms with Crippen molar-refractivity contribution < 1.29 is 23.5 Å². The Balaban J connectivity index is 1.97. The molecule has 144 valence electrons. The van der Waals surface area contributed by atoms with Crippen molar-refractivity contribution in [3.63, 3.8) is 0 Å². The third kappa shape index (κ3) is 3.14. The molecule has 1 aliphatic heterocycles. The zero-order valence-electron chi connectivity index (χ0n) is 14.8. The van der Waals surface area contributed by atoms with Crippen molar-refractivity contribution in [2.75, 3.05) is 4.90 Å². The van der Waals surface area contributed by atoms with Gasteiger partial charge in [0, 0.05) is 23.5 Å². The Kier molecular flexibility index (Phi) is 4.59. The van der Waals surface area contributed by atoms with Gasteiger partial charge in [-0.15, -0.1) is 0 Å². The fraction of sp³-hybridized carbons (Fsp3) is 0.0476. The van der Waals surface area contributed by atoms with Gasteiger partial charge in [0.05, 0.1) is 5.57 Å². The number of amides is 1. The normalized spacial score (nSPS) is 18.3. The van der Waals surface area contributed by atoms with Crippen molar-refractivity contribution in [2.45, 2.75) is 6.04 Å². The third-order valence-corrected chi connectivity index (χ3v) is 4.53. The maximum absolute atomic E-state index is 14.6. The summed E-state index contributed by atoms with van der Waals surface area (Å²) in [6.07, 6.45) is 2.75. The summed E-state index contributed by atoms with van der Waals surface area (Å²) in [7, 11) is 0. The summed E-state index contributed by atoms with van der Waals surface area (Å²) in [5, 5.41) is 10.8. The highest BCUT2D eigenvalue weighted by Gasteiger charge is 2.48. The van der Waals surface area contributed by atoms with Crippen LogP contribution in [0.25, 0.3) is 5.76 Å². The van der Waals surface area contributed by atoms with E-state index >= 15 is 0 Å². The summed E-state index contributed by atoms with van der Waals surface area (Å²) < 4.78 is 27.9. The smallest absolute Gasteiger partial charge is 0.302 e. The lowest BCUT2D eigenvalue weighted by atomic mass is 9.95. The zero-order chi connectivity index (χ0) is 20.5. The van der Waals surface area contributed by atoms with Gasteiger partial charge in [-0.3, -0.25) is 14.5 Å². The van der Waals surface area contributed by atoms with Crippen molar-refractivity contribution >= 4 is 23.4 Å². The highest BCUT2D eigenvalue weighted by atomic mass is 19.1. The number of rotatable bonds is 3. The van der Waals surface area contributed by atoms with E-state index in [1.807, 2.05) is 0 Å². The zero-order valence-corrected chi connectivity index (χ0v) is 14.8. The van der Waals surface area contributed by atoms with E-state index in [1.54, 1.807) is 6.07 Å². The van der Waals surface area contributed by atoms with Gasteiger partial charge in [0.2, 0.25) is 5.95 Å². The first-order valence-corrected chi connectivity index (χ1v) is 8.57. The van der Waals surface area contributed by atoms with Crippen LogP contribution >= 0.6 is 0 Å². The average molecular weight is 393 g/mol. The summed E-state index contributed by atoms with van der Waals surface area (Å²) in [5.41, 5.74) is -0.235. The number of nitrogens with zero attached hydrogens (tertiary/aromatic N) is 3. The molecule has 0 radical (unpaired) electrons. The Morgan fingerprint density at radius 1 is 0.931 bits per heavy atom. The van der Waals surface area contributed by atoms with E-state index < -0.39 is 35.1 Å². The number of aliphatic hydroxyl groups excluding tert-OH is 1. The van der Waals surface area contributed by atoms with Crippen molar-refractivity contribution in [3.8, 4) is 0 Å². The molecule has 1 atom stereocenters. The molecule has 0 unspecified atom stereocenters. The van der Waals surface area contributed by atoms with Crippen LogP contribution in [0, 0.1) is 11.6 Å². The van der Waals surface area contributed by atoms with Gasteiger partial charge < -0.3 is 5.11 Å². The van der Waals surface area contributed by atoms with Gasteiger partial charge >= 0.3 is 5.91 Å². The lowest BCUT2D eigenvalue weighted by molar-refractivity contribution is -0.132. The number of hydrogen-bond donors (Lipinski definition) is 1. The van der Waals surface area contributed by atoms with Crippen LogP contribution in [-0.2, 0) is 9.59 Å². The molecule has 1 N–H and O–H groups in total. The first-order valence-electron chi connectivity index (χ1n) is 8.57. The molecule has 0 spiro atoms. The van der Waals surface area contributed by atoms with E-state index in [1.165, 1.54) is 48.8 Å². The Bertz CT molecular complexity index is 1130. The second-order valence-electron chi connectivity index (χ2n) is 6.25. The first kappa shape index (κ1) is 18.4. The SMILES string of the molecule is O=C1C(=O)N(c2ncccn2)[C@@H](c2ccccc2F)C1=C(O)c1ccc(F)cc1.